The molecule has 0 aliphatic rings. The Balaban J connectivity index is 1.85. The first-order chi connectivity index (χ1) is 9.28. The predicted molar refractivity (Wildman–Crippen MR) is 78.9 cm³/mol. The summed E-state index contributed by atoms with van der Waals surface area (Å²) in [4.78, 5) is 0. The molecule has 2 rings (SSSR count). The van der Waals surface area contributed by atoms with Gasteiger partial charge in [-0.3, -0.25) is 0 Å². The molecule has 0 bridgehead atoms. The van der Waals surface area contributed by atoms with Crippen molar-refractivity contribution in [1.29, 1.82) is 0 Å². The average Bonchev–Trinajstić information content (AvgIpc) is 2.42. The zero-order valence-corrected chi connectivity index (χ0v) is 11.6. The first kappa shape index (κ1) is 13.8. The maximum atomic E-state index is 5.15. The van der Waals surface area contributed by atoms with E-state index in [9.17, 15) is 0 Å². The Morgan fingerprint density at radius 1 is 0.895 bits per heavy atom. The molecular weight excluding hydrogens is 234 g/mol. The SMILES string of the molecule is COCc1cccc(CNCc2ccc(C)cc2)c1. The van der Waals surface area contributed by atoms with Crippen molar-refractivity contribution in [2.75, 3.05) is 7.11 Å². The molecule has 0 aliphatic heterocycles. The fraction of sp³-hybridized carbons (Fsp3) is 0.294. The Kier molecular flexibility index (Phi) is 5.13. The lowest BCUT2D eigenvalue weighted by Gasteiger charge is -2.07. The van der Waals surface area contributed by atoms with Gasteiger partial charge in [0.1, 0.15) is 0 Å². The largest absolute Gasteiger partial charge is 0.380 e. The number of ether oxygens (including phenoxy) is 1. The molecule has 19 heavy (non-hydrogen) atoms. The van der Waals surface area contributed by atoms with Crippen LogP contribution in [0.5, 0.6) is 0 Å². The van der Waals surface area contributed by atoms with Gasteiger partial charge in [0.25, 0.3) is 0 Å². The summed E-state index contributed by atoms with van der Waals surface area (Å²) in [5.74, 6) is 0. The van der Waals surface area contributed by atoms with Crippen molar-refractivity contribution in [1.82, 2.24) is 5.32 Å². The van der Waals surface area contributed by atoms with E-state index < -0.39 is 0 Å². The van der Waals surface area contributed by atoms with Gasteiger partial charge in [-0.05, 0) is 23.6 Å². The van der Waals surface area contributed by atoms with Crippen LogP contribution < -0.4 is 5.32 Å². The van der Waals surface area contributed by atoms with Crippen LogP contribution in [0, 0.1) is 6.92 Å². The van der Waals surface area contributed by atoms with Gasteiger partial charge >= 0.3 is 0 Å². The van der Waals surface area contributed by atoms with Crippen molar-refractivity contribution < 1.29 is 4.74 Å². The molecular formula is C17H21NO. The molecule has 0 atom stereocenters. The van der Waals surface area contributed by atoms with Crippen molar-refractivity contribution in [2.24, 2.45) is 0 Å². The van der Waals surface area contributed by atoms with Gasteiger partial charge in [-0.1, -0.05) is 54.1 Å². The second-order valence-electron chi connectivity index (χ2n) is 4.84. The number of rotatable bonds is 6. The van der Waals surface area contributed by atoms with Crippen LogP contribution in [0.15, 0.2) is 48.5 Å². The van der Waals surface area contributed by atoms with Crippen LogP contribution in [0.1, 0.15) is 22.3 Å². The van der Waals surface area contributed by atoms with Crippen molar-refractivity contribution >= 4 is 0 Å². The standard InChI is InChI=1S/C17H21NO/c1-14-6-8-15(9-7-14)11-18-12-16-4-3-5-17(10-16)13-19-2/h3-10,18H,11-13H2,1-2H3. The van der Waals surface area contributed by atoms with Crippen LogP contribution in [0.25, 0.3) is 0 Å². The Morgan fingerprint density at radius 2 is 1.58 bits per heavy atom. The van der Waals surface area contributed by atoms with Crippen LogP contribution >= 0.6 is 0 Å². The molecule has 2 aromatic carbocycles. The summed E-state index contributed by atoms with van der Waals surface area (Å²) >= 11 is 0. The smallest absolute Gasteiger partial charge is 0.0713 e. The molecule has 0 heterocycles. The molecule has 0 fully saturated rings. The summed E-state index contributed by atoms with van der Waals surface area (Å²) < 4.78 is 5.15. The van der Waals surface area contributed by atoms with E-state index in [2.05, 4.69) is 60.8 Å². The van der Waals surface area contributed by atoms with Crippen LogP contribution in [-0.4, -0.2) is 7.11 Å². The highest BCUT2D eigenvalue weighted by molar-refractivity contribution is 5.24. The summed E-state index contributed by atoms with van der Waals surface area (Å²) in [6.45, 7) is 4.56. The zero-order valence-electron chi connectivity index (χ0n) is 11.6. The average molecular weight is 255 g/mol. The third-order valence-electron chi connectivity index (χ3n) is 3.08. The van der Waals surface area contributed by atoms with E-state index in [1.165, 1.54) is 22.3 Å². The molecule has 2 heteroatoms. The van der Waals surface area contributed by atoms with Crippen LogP contribution in [-0.2, 0) is 24.4 Å². The number of hydrogen-bond donors (Lipinski definition) is 1. The minimum atomic E-state index is 0.672. The molecule has 0 amide bonds. The Morgan fingerprint density at radius 3 is 2.32 bits per heavy atom. The first-order valence-electron chi connectivity index (χ1n) is 6.61. The maximum absolute atomic E-state index is 5.15. The van der Waals surface area contributed by atoms with E-state index in [1.54, 1.807) is 7.11 Å². The highest BCUT2D eigenvalue weighted by atomic mass is 16.5. The molecule has 0 spiro atoms. The monoisotopic (exact) mass is 255 g/mol. The molecule has 0 saturated heterocycles. The summed E-state index contributed by atoms with van der Waals surface area (Å²) in [5, 5.41) is 3.47. The highest BCUT2D eigenvalue weighted by Gasteiger charge is 1.97. The molecule has 100 valence electrons. The van der Waals surface area contributed by atoms with Crippen molar-refractivity contribution in [3.63, 3.8) is 0 Å². The van der Waals surface area contributed by atoms with Gasteiger partial charge in [0.15, 0.2) is 0 Å². The number of nitrogens with one attached hydrogen (secondary N) is 1. The quantitative estimate of drug-likeness (QED) is 0.854. The third-order valence-corrected chi connectivity index (χ3v) is 3.08. The van der Waals surface area contributed by atoms with Crippen molar-refractivity contribution in [3.05, 3.63) is 70.8 Å². The maximum Gasteiger partial charge on any atom is 0.0713 e. The first-order valence-corrected chi connectivity index (χ1v) is 6.61. The minimum Gasteiger partial charge on any atom is -0.380 e. The third kappa shape index (κ3) is 4.51. The molecule has 0 saturated carbocycles. The Bertz CT molecular complexity index is 505. The van der Waals surface area contributed by atoms with Gasteiger partial charge in [-0.25, -0.2) is 0 Å². The molecule has 2 nitrogen and oxygen atoms in total. The van der Waals surface area contributed by atoms with Gasteiger partial charge in [-0.2, -0.15) is 0 Å². The van der Waals surface area contributed by atoms with Gasteiger partial charge < -0.3 is 10.1 Å². The number of benzene rings is 2. The van der Waals surface area contributed by atoms with Gasteiger partial charge in [-0.15, -0.1) is 0 Å². The van der Waals surface area contributed by atoms with Gasteiger partial charge in [0.2, 0.25) is 0 Å². The summed E-state index contributed by atoms with van der Waals surface area (Å²) in [7, 11) is 1.72. The highest BCUT2D eigenvalue weighted by Crippen LogP contribution is 2.07. The Labute approximate surface area is 115 Å². The van der Waals surface area contributed by atoms with Crippen LogP contribution in [0.4, 0.5) is 0 Å². The van der Waals surface area contributed by atoms with Gasteiger partial charge in [0.05, 0.1) is 6.61 Å². The second kappa shape index (κ2) is 7.07. The molecule has 1 N–H and O–H groups in total. The lowest BCUT2D eigenvalue weighted by atomic mass is 10.1. The molecule has 0 radical (unpaired) electrons. The molecule has 0 unspecified atom stereocenters. The number of methoxy groups -OCH3 is 1. The lowest BCUT2D eigenvalue weighted by Crippen LogP contribution is -2.12. The molecule has 0 aliphatic carbocycles. The van der Waals surface area contributed by atoms with Crippen LogP contribution in [0.2, 0.25) is 0 Å². The number of aryl methyl sites for hydroxylation is 1. The van der Waals surface area contributed by atoms with Crippen LogP contribution in [0.3, 0.4) is 0 Å². The van der Waals surface area contributed by atoms with Gasteiger partial charge in [0, 0.05) is 20.2 Å². The fourth-order valence-electron chi connectivity index (χ4n) is 2.05. The number of hydrogen-bond acceptors (Lipinski definition) is 2. The van der Waals surface area contributed by atoms with E-state index in [0.717, 1.165) is 13.1 Å². The Hall–Kier alpha value is -1.64. The lowest BCUT2D eigenvalue weighted by molar-refractivity contribution is 0.185. The van der Waals surface area contributed by atoms with E-state index in [0.29, 0.717) is 6.61 Å². The van der Waals surface area contributed by atoms with E-state index in [1.807, 2.05) is 0 Å². The summed E-state index contributed by atoms with van der Waals surface area (Å²) in [6.07, 6.45) is 0. The van der Waals surface area contributed by atoms with Crippen molar-refractivity contribution in [2.45, 2.75) is 26.6 Å². The summed E-state index contributed by atoms with van der Waals surface area (Å²) in [5.41, 5.74) is 5.13. The topological polar surface area (TPSA) is 21.3 Å². The minimum absolute atomic E-state index is 0.672. The summed E-state index contributed by atoms with van der Waals surface area (Å²) in [6, 6.07) is 17.1. The fourth-order valence-corrected chi connectivity index (χ4v) is 2.05. The van der Waals surface area contributed by atoms with E-state index in [4.69, 9.17) is 4.74 Å². The zero-order chi connectivity index (χ0) is 13.5. The normalized spacial score (nSPS) is 10.6. The van der Waals surface area contributed by atoms with Crippen molar-refractivity contribution in [3.8, 4) is 0 Å². The van der Waals surface area contributed by atoms with E-state index >= 15 is 0 Å². The molecule has 0 aromatic heterocycles. The predicted octanol–water partition coefficient (Wildman–Crippen LogP) is 3.43. The molecule has 2 aromatic rings. The second-order valence-corrected chi connectivity index (χ2v) is 4.84. The van der Waals surface area contributed by atoms with E-state index in [-0.39, 0.29) is 0 Å².